The van der Waals surface area contributed by atoms with Crippen molar-refractivity contribution in [2.24, 2.45) is 0 Å². The normalized spacial score (nSPS) is 15.8. The number of allylic oxidation sites excluding steroid dienone is 1. The Morgan fingerprint density at radius 1 is 0.964 bits per heavy atom. The molecule has 0 heterocycles. The summed E-state index contributed by atoms with van der Waals surface area (Å²) in [6.07, 6.45) is 11.0. The molecule has 0 saturated heterocycles. The minimum absolute atomic E-state index is 0.295. The van der Waals surface area contributed by atoms with Crippen molar-refractivity contribution < 1.29 is 15.0 Å². The molecule has 0 amide bonds. The zero-order valence-corrected chi connectivity index (χ0v) is 20.9. The summed E-state index contributed by atoms with van der Waals surface area (Å²) in [6, 6.07) is 0. The van der Waals surface area contributed by atoms with E-state index >= 15 is 0 Å². The molecule has 0 aromatic carbocycles. The van der Waals surface area contributed by atoms with Crippen LogP contribution < -0.4 is 0 Å². The molecule has 0 aromatic rings. The molecule has 0 fully saturated rings. The number of alkyl halides is 7. The molecule has 0 saturated carbocycles. The second-order valence-corrected chi connectivity index (χ2v) is 11.3. The lowest BCUT2D eigenvalue weighted by molar-refractivity contribution is -0.138. The molecule has 0 aliphatic carbocycles. The molecule has 166 valence electrons. The number of carbonyl (C=O) groups is 1. The van der Waals surface area contributed by atoms with E-state index in [1.54, 1.807) is 0 Å². The first-order valence-electron chi connectivity index (χ1n) is 9.16. The van der Waals surface area contributed by atoms with Gasteiger partial charge in [0.05, 0.1) is 11.5 Å². The first-order chi connectivity index (χ1) is 12.8. The molecule has 0 spiro atoms. The van der Waals surface area contributed by atoms with Gasteiger partial charge in [0.1, 0.15) is 0 Å². The van der Waals surface area contributed by atoms with E-state index in [9.17, 15) is 9.90 Å². The van der Waals surface area contributed by atoms with E-state index in [0.29, 0.717) is 25.7 Å². The minimum atomic E-state index is -2.65. The maximum Gasteiger partial charge on any atom is 0.343 e. The van der Waals surface area contributed by atoms with E-state index in [-0.39, 0.29) is 6.10 Å². The standard InChI is InChI=1S/C18H27Cl7O3/c1-2-3-4-7-10-13(26)11-8-5-6-9-12-14(19)16(20,21)18(24,25)17(22,23)15(27)28/h5,8,13-14,26H,2-4,6-7,9-12H2,1H3,(H,27,28)/b8-5-/t13-,14?/m1/s1. The van der Waals surface area contributed by atoms with Gasteiger partial charge in [0.25, 0.3) is 0 Å². The lowest BCUT2D eigenvalue weighted by Crippen LogP contribution is -2.57. The van der Waals surface area contributed by atoms with Gasteiger partial charge in [-0.2, -0.15) is 0 Å². The molecule has 2 N–H and O–H groups in total. The largest absolute Gasteiger partial charge is 0.479 e. The Kier molecular flexibility index (Phi) is 14.2. The molecule has 1 unspecified atom stereocenters. The number of hydrogen-bond acceptors (Lipinski definition) is 2. The van der Waals surface area contributed by atoms with Crippen LogP contribution in [0.25, 0.3) is 0 Å². The summed E-state index contributed by atoms with van der Waals surface area (Å²) >= 11 is 41.9. The summed E-state index contributed by atoms with van der Waals surface area (Å²) in [7, 11) is 0. The Labute approximate surface area is 202 Å². The zero-order valence-electron chi connectivity index (χ0n) is 15.6. The molecule has 0 aliphatic rings. The van der Waals surface area contributed by atoms with Gasteiger partial charge in [-0.15, -0.1) is 11.6 Å². The van der Waals surface area contributed by atoms with Crippen molar-refractivity contribution in [1.82, 2.24) is 0 Å². The molecular formula is C18H27Cl7O3. The van der Waals surface area contributed by atoms with Gasteiger partial charge in [-0.05, 0) is 32.1 Å². The maximum absolute atomic E-state index is 11.2. The Bertz CT molecular complexity index is 496. The molecule has 0 aromatic heterocycles. The number of halogens is 7. The summed E-state index contributed by atoms with van der Waals surface area (Å²) in [4.78, 5) is 11.2. The average molecular weight is 540 g/mol. The van der Waals surface area contributed by atoms with Gasteiger partial charge in [-0.25, -0.2) is 4.79 Å². The molecule has 0 aliphatic heterocycles. The molecule has 10 heteroatoms. The number of aliphatic hydroxyl groups excluding tert-OH is 1. The monoisotopic (exact) mass is 536 g/mol. The molecule has 0 bridgehead atoms. The van der Waals surface area contributed by atoms with Gasteiger partial charge in [-0.1, -0.05) is 114 Å². The van der Waals surface area contributed by atoms with Crippen LogP contribution in [0, 0.1) is 0 Å². The fourth-order valence-electron chi connectivity index (χ4n) is 2.43. The van der Waals surface area contributed by atoms with Crippen molar-refractivity contribution in [3.05, 3.63) is 12.2 Å². The summed E-state index contributed by atoms with van der Waals surface area (Å²) in [5.41, 5.74) is 0. The predicted octanol–water partition coefficient (Wildman–Crippen LogP) is 7.65. The quantitative estimate of drug-likeness (QED) is 0.128. The Hall–Kier alpha value is 1.20. The summed E-state index contributed by atoms with van der Waals surface area (Å²) in [5.74, 6) is -1.69. The lowest BCUT2D eigenvalue weighted by Gasteiger charge is -2.40. The van der Waals surface area contributed by atoms with Crippen molar-refractivity contribution in [1.29, 1.82) is 0 Å². The lowest BCUT2D eigenvalue weighted by atomic mass is 10.0. The first-order valence-corrected chi connectivity index (χ1v) is 11.9. The predicted molar refractivity (Wildman–Crippen MR) is 123 cm³/mol. The van der Waals surface area contributed by atoms with E-state index in [1.165, 1.54) is 12.8 Å². The minimum Gasteiger partial charge on any atom is -0.479 e. The fourth-order valence-corrected chi connectivity index (χ4v) is 4.28. The molecule has 3 nitrogen and oxygen atoms in total. The van der Waals surface area contributed by atoms with Crippen LogP contribution >= 0.6 is 81.2 Å². The third kappa shape index (κ3) is 8.75. The Morgan fingerprint density at radius 2 is 1.57 bits per heavy atom. The number of hydrogen-bond donors (Lipinski definition) is 2. The zero-order chi connectivity index (χ0) is 22.0. The first kappa shape index (κ1) is 29.2. The van der Waals surface area contributed by atoms with Crippen LogP contribution in [0.3, 0.4) is 0 Å². The molecular weight excluding hydrogens is 512 g/mol. The third-order valence-electron chi connectivity index (χ3n) is 4.27. The summed E-state index contributed by atoms with van der Waals surface area (Å²) < 4.78 is -7.22. The van der Waals surface area contributed by atoms with Crippen LogP contribution in [0.15, 0.2) is 12.2 Å². The third-order valence-corrected chi connectivity index (χ3v) is 8.96. The highest BCUT2D eigenvalue weighted by Gasteiger charge is 2.66. The van der Waals surface area contributed by atoms with Gasteiger partial charge in [0.2, 0.25) is 4.33 Å². The molecule has 0 radical (unpaired) electrons. The van der Waals surface area contributed by atoms with Gasteiger partial charge in [0, 0.05) is 0 Å². The highest BCUT2D eigenvalue weighted by Crippen LogP contribution is 2.57. The van der Waals surface area contributed by atoms with Crippen molar-refractivity contribution in [2.45, 2.75) is 89.2 Å². The number of rotatable bonds is 15. The number of unbranched alkanes of at least 4 members (excludes halogenated alkanes) is 4. The highest BCUT2D eigenvalue weighted by molar-refractivity contribution is 6.74. The second-order valence-electron chi connectivity index (χ2n) is 6.69. The number of carboxylic acids is 1. The van der Waals surface area contributed by atoms with E-state index in [1.807, 2.05) is 12.2 Å². The molecule has 2 atom stereocenters. The SMILES string of the molecule is CCCCCC[C@@H](O)C/C=C\CCCC(Cl)C(Cl)(Cl)C(Cl)(Cl)C(Cl)(Cl)C(=O)O. The van der Waals surface area contributed by atoms with Crippen LogP contribution in [0.5, 0.6) is 0 Å². The van der Waals surface area contributed by atoms with E-state index in [4.69, 9.17) is 86.3 Å². The van der Waals surface area contributed by atoms with E-state index in [2.05, 4.69) is 6.92 Å². The van der Waals surface area contributed by atoms with Crippen LogP contribution in [0.2, 0.25) is 0 Å². The van der Waals surface area contributed by atoms with Gasteiger partial charge in [0.15, 0.2) is 8.67 Å². The second kappa shape index (κ2) is 13.6. The van der Waals surface area contributed by atoms with Crippen LogP contribution in [0.4, 0.5) is 0 Å². The maximum atomic E-state index is 11.2. The highest BCUT2D eigenvalue weighted by atomic mass is 35.5. The smallest absolute Gasteiger partial charge is 0.343 e. The van der Waals surface area contributed by atoms with Crippen LogP contribution in [-0.2, 0) is 4.79 Å². The van der Waals surface area contributed by atoms with Crippen LogP contribution in [-0.4, -0.2) is 40.7 Å². The number of carboxylic acid groups (broad SMARTS) is 1. The van der Waals surface area contributed by atoms with Gasteiger partial charge < -0.3 is 10.2 Å². The van der Waals surface area contributed by atoms with Crippen LogP contribution in [0.1, 0.15) is 64.7 Å². The summed E-state index contributed by atoms with van der Waals surface area (Å²) in [5, 5.41) is 18.0. The van der Waals surface area contributed by atoms with Crippen molar-refractivity contribution in [2.75, 3.05) is 0 Å². The fraction of sp³-hybridized carbons (Fsp3) is 0.833. The Balaban J connectivity index is 4.40. The summed E-state index contributed by atoms with van der Waals surface area (Å²) in [6.45, 7) is 2.15. The average Bonchev–Trinajstić information content (AvgIpc) is 2.60. The number of aliphatic hydroxyl groups is 1. The molecule has 28 heavy (non-hydrogen) atoms. The van der Waals surface area contributed by atoms with Crippen molar-refractivity contribution in [3.63, 3.8) is 0 Å². The number of aliphatic carboxylic acids is 1. The topological polar surface area (TPSA) is 57.5 Å². The van der Waals surface area contributed by atoms with Gasteiger partial charge >= 0.3 is 5.97 Å². The van der Waals surface area contributed by atoms with E-state index in [0.717, 1.165) is 19.3 Å². The molecule has 0 rings (SSSR count). The van der Waals surface area contributed by atoms with Crippen molar-refractivity contribution >= 4 is 87.2 Å². The van der Waals surface area contributed by atoms with E-state index < -0.39 is 24.3 Å². The van der Waals surface area contributed by atoms with Crippen molar-refractivity contribution in [3.8, 4) is 0 Å². The Morgan fingerprint density at radius 3 is 2.11 bits per heavy atom. The van der Waals surface area contributed by atoms with Gasteiger partial charge in [-0.3, -0.25) is 0 Å².